The number of benzene rings is 3. The van der Waals surface area contributed by atoms with Gasteiger partial charge in [-0.3, -0.25) is 4.68 Å². The molecule has 7 heteroatoms. The van der Waals surface area contributed by atoms with Crippen LogP contribution in [0.5, 0.6) is 0 Å². The van der Waals surface area contributed by atoms with Gasteiger partial charge in [-0.25, -0.2) is 4.98 Å². The number of rotatable bonds is 4. The minimum absolute atomic E-state index is 0.286. The summed E-state index contributed by atoms with van der Waals surface area (Å²) in [6, 6.07) is 20.7. The van der Waals surface area contributed by atoms with Crippen LogP contribution in [0.2, 0.25) is 0 Å². The molecule has 0 amide bonds. The minimum atomic E-state index is 0.286. The summed E-state index contributed by atoms with van der Waals surface area (Å²) in [7, 11) is 1.81. The first kappa shape index (κ1) is 19.6. The quantitative estimate of drug-likeness (QED) is 0.360. The molecule has 1 aliphatic heterocycles. The summed E-state index contributed by atoms with van der Waals surface area (Å²) in [5.74, 6) is 0.591. The second-order valence-corrected chi connectivity index (χ2v) is 8.53. The number of aryl methyl sites for hydroxylation is 2. The molecule has 0 bridgehead atoms. The number of nitroso groups, excluding NO2 is 1. The Morgan fingerprint density at radius 2 is 1.55 bits per heavy atom. The molecule has 162 valence electrons. The summed E-state index contributed by atoms with van der Waals surface area (Å²) in [6.45, 7) is 3.78. The van der Waals surface area contributed by atoms with Crippen molar-refractivity contribution in [2.24, 2.45) is 12.2 Å². The first-order valence-electron chi connectivity index (χ1n) is 10.9. The molecule has 2 aromatic heterocycles. The van der Waals surface area contributed by atoms with E-state index in [4.69, 9.17) is 4.98 Å². The second-order valence-electron chi connectivity index (χ2n) is 8.53. The van der Waals surface area contributed by atoms with E-state index < -0.39 is 0 Å². The number of fused-ring (bicyclic) bond motifs is 2. The van der Waals surface area contributed by atoms with Crippen LogP contribution in [0.3, 0.4) is 0 Å². The molecule has 0 fully saturated rings. The van der Waals surface area contributed by atoms with Gasteiger partial charge in [0.2, 0.25) is 0 Å². The highest BCUT2D eigenvalue weighted by molar-refractivity contribution is 5.87. The van der Waals surface area contributed by atoms with Crippen molar-refractivity contribution in [2.75, 3.05) is 0 Å². The van der Waals surface area contributed by atoms with Gasteiger partial charge in [-0.2, -0.15) is 5.10 Å². The van der Waals surface area contributed by atoms with Gasteiger partial charge in [0.05, 0.1) is 11.0 Å². The van der Waals surface area contributed by atoms with Crippen molar-refractivity contribution in [3.8, 4) is 33.9 Å². The SMILES string of the molecule is Cc1ccc(-c2ccc(-c3nn(C)c(-c4nc5cc6c(cc5[nH]4)CNC6)c3N=O)cc2)cc1. The number of hydrogen-bond acceptors (Lipinski definition) is 5. The van der Waals surface area contributed by atoms with E-state index in [-0.39, 0.29) is 5.69 Å². The minimum Gasteiger partial charge on any atom is -0.337 e. The van der Waals surface area contributed by atoms with Gasteiger partial charge in [0.15, 0.2) is 11.5 Å². The van der Waals surface area contributed by atoms with E-state index in [1.807, 2.05) is 31.3 Å². The highest BCUT2D eigenvalue weighted by atomic mass is 16.3. The van der Waals surface area contributed by atoms with Crippen LogP contribution in [0.15, 0.2) is 65.8 Å². The summed E-state index contributed by atoms with van der Waals surface area (Å²) in [4.78, 5) is 20.1. The lowest BCUT2D eigenvalue weighted by atomic mass is 10.0. The smallest absolute Gasteiger partial charge is 0.165 e. The Labute approximate surface area is 190 Å². The topological polar surface area (TPSA) is 88.0 Å². The third kappa shape index (κ3) is 3.25. The molecule has 2 N–H and O–H groups in total. The highest BCUT2D eigenvalue weighted by Crippen LogP contribution is 2.39. The van der Waals surface area contributed by atoms with Gasteiger partial charge in [0, 0.05) is 25.7 Å². The third-order valence-corrected chi connectivity index (χ3v) is 6.32. The van der Waals surface area contributed by atoms with Gasteiger partial charge in [0.25, 0.3) is 0 Å². The lowest BCUT2D eigenvalue weighted by Gasteiger charge is -2.04. The number of aromatic nitrogens is 4. The van der Waals surface area contributed by atoms with Crippen LogP contribution in [-0.2, 0) is 20.1 Å². The lowest BCUT2D eigenvalue weighted by molar-refractivity contribution is 0.765. The van der Waals surface area contributed by atoms with Crippen LogP contribution in [0.1, 0.15) is 16.7 Å². The number of nitrogens with zero attached hydrogens (tertiary/aromatic N) is 4. The zero-order valence-electron chi connectivity index (χ0n) is 18.4. The van der Waals surface area contributed by atoms with Crippen LogP contribution in [0.25, 0.3) is 44.9 Å². The van der Waals surface area contributed by atoms with Gasteiger partial charge in [-0.15, -0.1) is 4.91 Å². The number of nitrogens with one attached hydrogen (secondary N) is 2. The Morgan fingerprint density at radius 1 is 0.909 bits per heavy atom. The maximum Gasteiger partial charge on any atom is 0.165 e. The molecule has 33 heavy (non-hydrogen) atoms. The van der Waals surface area contributed by atoms with Crippen LogP contribution >= 0.6 is 0 Å². The fourth-order valence-corrected chi connectivity index (χ4v) is 4.54. The molecule has 1 aliphatic rings. The molecule has 0 aliphatic carbocycles. The summed E-state index contributed by atoms with van der Waals surface area (Å²) in [5, 5.41) is 11.3. The van der Waals surface area contributed by atoms with Crippen molar-refractivity contribution in [3.63, 3.8) is 0 Å². The molecule has 0 radical (unpaired) electrons. The Morgan fingerprint density at radius 3 is 2.24 bits per heavy atom. The summed E-state index contributed by atoms with van der Waals surface area (Å²) in [6.07, 6.45) is 0. The molecule has 0 saturated carbocycles. The zero-order chi connectivity index (χ0) is 22.5. The number of H-pyrrole nitrogens is 1. The Hall–Kier alpha value is -4.10. The molecule has 7 nitrogen and oxygen atoms in total. The first-order valence-corrected chi connectivity index (χ1v) is 10.9. The van der Waals surface area contributed by atoms with E-state index in [0.717, 1.165) is 40.8 Å². The zero-order valence-corrected chi connectivity index (χ0v) is 18.4. The molecule has 5 aromatic rings. The molecule has 0 unspecified atom stereocenters. The molecule has 0 saturated heterocycles. The van der Waals surface area contributed by atoms with Crippen LogP contribution in [0, 0.1) is 11.8 Å². The average Bonchev–Trinajstić information content (AvgIpc) is 3.53. The number of aromatic amines is 1. The molecule has 3 heterocycles. The van der Waals surface area contributed by atoms with Gasteiger partial charge in [-0.1, -0.05) is 54.1 Å². The fraction of sp³-hybridized carbons (Fsp3) is 0.154. The van der Waals surface area contributed by atoms with Crippen molar-refractivity contribution in [1.82, 2.24) is 25.1 Å². The normalized spacial score (nSPS) is 12.9. The van der Waals surface area contributed by atoms with Gasteiger partial charge >= 0.3 is 0 Å². The Bertz CT molecular complexity index is 1470. The molecule has 6 rings (SSSR count). The summed E-state index contributed by atoms with van der Waals surface area (Å²) in [5.41, 5.74) is 10.1. The lowest BCUT2D eigenvalue weighted by Crippen LogP contribution is -1.99. The largest absolute Gasteiger partial charge is 0.337 e. The van der Waals surface area contributed by atoms with Crippen molar-refractivity contribution in [2.45, 2.75) is 20.0 Å². The standard InChI is InChI=1S/C26H22N6O/c1-15-3-5-16(6-4-15)17-7-9-18(10-8-17)23-24(31-33)25(32(2)30-23)26-28-21-11-19-13-27-14-20(19)12-22(21)29-26/h3-12,27H,13-14H2,1-2H3,(H,28,29). The van der Waals surface area contributed by atoms with Crippen molar-refractivity contribution < 1.29 is 0 Å². The van der Waals surface area contributed by atoms with E-state index >= 15 is 0 Å². The third-order valence-electron chi connectivity index (χ3n) is 6.32. The maximum absolute atomic E-state index is 12.0. The fourth-order valence-electron chi connectivity index (χ4n) is 4.54. The van der Waals surface area contributed by atoms with Gasteiger partial charge in [0.1, 0.15) is 11.4 Å². The van der Waals surface area contributed by atoms with E-state index in [9.17, 15) is 4.91 Å². The summed E-state index contributed by atoms with van der Waals surface area (Å²) >= 11 is 0. The number of imidazole rings is 1. The van der Waals surface area contributed by atoms with E-state index in [1.54, 1.807) is 4.68 Å². The summed E-state index contributed by atoms with van der Waals surface area (Å²) < 4.78 is 1.67. The van der Waals surface area contributed by atoms with Crippen molar-refractivity contribution >= 4 is 16.7 Å². The monoisotopic (exact) mass is 434 g/mol. The number of hydrogen-bond donors (Lipinski definition) is 2. The average molecular weight is 435 g/mol. The van der Waals surface area contributed by atoms with Gasteiger partial charge in [-0.05, 0) is 46.5 Å². The van der Waals surface area contributed by atoms with Crippen LogP contribution in [-0.4, -0.2) is 19.7 Å². The Kier molecular flexibility index (Phi) is 4.45. The highest BCUT2D eigenvalue weighted by Gasteiger charge is 2.23. The molecule has 0 spiro atoms. The van der Waals surface area contributed by atoms with E-state index in [0.29, 0.717) is 17.2 Å². The van der Waals surface area contributed by atoms with Crippen molar-refractivity contribution in [3.05, 3.63) is 82.3 Å². The van der Waals surface area contributed by atoms with Crippen molar-refractivity contribution in [1.29, 1.82) is 0 Å². The van der Waals surface area contributed by atoms with E-state index in [1.165, 1.54) is 16.7 Å². The Balaban J connectivity index is 1.41. The first-order chi connectivity index (χ1) is 16.1. The van der Waals surface area contributed by atoms with Crippen LogP contribution in [0.4, 0.5) is 5.69 Å². The molecule has 3 aromatic carbocycles. The maximum atomic E-state index is 12.0. The molecular formula is C26H22N6O. The predicted molar refractivity (Wildman–Crippen MR) is 130 cm³/mol. The van der Waals surface area contributed by atoms with Gasteiger partial charge < -0.3 is 10.3 Å². The molecular weight excluding hydrogens is 412 g/mol. The second kappa shape index (κ2) is 7.50. The van der Waals surface area contributed by atoms with E-state index in [2.05, 4.69) is 63.9 Å². The molecule has 0 atom stereocenters. The van der Waals surface area contributed by atoms with Crippen LogP contribution < -0.4 is 5.32 Å². The predicted octanol–water partition coefficient (Wildman–Crippen LogP) is 5.61.